The molecule has 1 unspecified atom stereocenters. The summed E-state index contributed by atoms with van der Waals surface area (Å²) in [5.41, 5.74) is 2.79. The van der Waals surface area contributed by atoms with E-state index in [9.17, 15) is 5.11 Å². The lowest BCUT2D eigenvalue weighted by Crippen LogP contribution is -2.26. The number of hydrogen-bond donors (Lipinski definition) is 1. The Balaban J connectivity index is 2.38. The molecule has 0 aliphatic heterocycles. The molecule has 0 amide bonds. The van der Waals surface area contributed by atoms with Crippen molar-refractivity contribution in [3.05, 3.63) is 51.8 Å². The van der Waals surface area contributed by atoms with Gasteiger partial charge in [-0.3, -0.25) is 4.68 Å². The van der Waals surface area contributed by atoms with Gasteiger partial charge in [-0.25, -0.2) is 0 Å². The number of hydrogen-bond acceptors (Lipinski definition) is 2. The van der Waals surface area contributed by atoms with Crippen molar-refractivity contribution in [2.24, 2.45) is 7.05 Å². The monoisotopic (exact) mass is 292 g/mol. The van der Waals surface area contributed by atoms with Crippen LogP contribution in [0.15, 0.2) is 24.3 Å². The van der Waals surface area contributed by atoms with Crippen molar-refractivity contribution in [1.29, 1.82) is 0 Å². The number of halogens is 1. The average Bonchev–Trinajstić information content (AvgIpc) is 2.66. The van der Waals surface area contributed by atoms with Gasteiger partial charge in [0.1, 0.15) is 0 Å². The number of nitrogens with zero attached hydrogens (tertiary/aromatic N) is 2. The van der Waals surface area contributed by atoms with Crippen LogP contribution in [0.3, 0.4) is 0 Å². The highest BCUT2D eigenvalue weighted by molar-refractivity contribution is 6.31. The molecule has 0 aliphatic carbocycles. The molecule has 0 fully saturated rings. The molecule has 1 atom stereocenters. The van der Waals surface area contributed by atoms with Gasteiger partial charge < -0.3 is 5.11 Å². The standard InChI is InChI=1S/C16H21ClN2O/c1-5-13-15(17)14(19(4)18-13)10-16(3,20)12-9-7-6-8-11(12)2/h6-9,20H,5,10H2,1-4H3. The molecule has 4 heteroatoms. The zero-order valence-electron chi connectivity index (χ0n) is 12.4. The molecule has 108 valence electrons. The van der Waals surface area contributed by atoms with E-state index >= 15 is 0 Å². The van der Waals surface area contributed by atoms with E-state index in [1.807, 2.05) is 52.1 Å². The van der Waals surface area contributed by atoms with E-state index in [4.69, 9.17) is 11.6 Å². The minimum atomic E-state index is -0.964. The quantitative estimate of drug-likeness (QED) is 0.938. The molecule has 0 bridgehead atoms. The van der Waals surface area contributed by atoms with Gasteiger partial charge in [-0.15, -0.1) is 0 Å². The van der Waals surface area contributed by atoms with Crippen molar-refractivity contribution < 1.29 is 5.11 Å². The molecule has 0 saturated carbocycles. The Kier molecular flexibility index (Phi) is 4.21. The third-order valence-corrected chi connectivity index (χ3v) is 4.18. The molecule has 0 spiro atoms. The van der Waals surface area contributed by atoms with Gasteiger partial charge in [-0.05, 0) is 31.4 Å². The lowest BCUT2D eigenvalue weighted by atomic mass is 9.88. The summed E-state index contributed by atoms with van der Waals surface area (Å²) in [7, 11) is 1.87. The summed E-state index contributed by atoms with van der Waals surface area (Å²) in [5.74, 6) is 0. The van der Waals surface area contributed by atoms with E-state index in [1.54, 1.807) is 4.68 Å². The third kappa shape index (κ3) is 2.74. The van der Waals surface area contributed by atoms with E-state index in [0.29, 0.717) is 11.4 Å². The highest BCUT2D eigenvalue weighted by Gasteiger charge is 2.28. The summed E-state index contributed by atoms with van der Waals surface area (Å²) in [5, 5.41) is 15.9. The molecule has 2 rings (SSSR count). The summed E-state index contributed by atoms with van der Waals surface area (Å²) in [6.45, 7) is 5.86. The second-order valence-corrected chi connectivity index (χ2v) is 5.83. The van der Waals surface area contributed by atoms with Crippen molar-refractivity contribution in [2.45, 2.75) is 39.2 Å². The lowest BCUT2D eigenvalue weighted by molar-refractivity contribution is 0.0550. The van der Waals surface area contributed by atoms with Crippen molar-refractivity contribution in [3.63, 3.8) is 0 Å². The Hall–Kier alpha value is -1.32. The van der Waals surface area contributed by atoms with Gasteiger partial charge >= 0.3 is 0 Å². The van der Waals surface area contributed by atoms with E-state index in [2.05, 4.69) is 5.10 Å². The van der Waals surface area contributed by atoms with E-state index < -0.39 is 5.60 Å². The smallest absolute Gasteiger partial charge is 0.0926 e. The van der Waals surface area contributed by atoms with Crippen LogP contribution in [0.1, 0.15) is 36.4 Å². The minimum Gasteiger partial charge on any atom is -0.385 e. The summed E-state index contributed by atoms with van der Waals surface area (Å²) < 4.78 is 1.77. The Labute approximate surface area is 125 Å². The SMILES string of the molecule is CCc1nn(C)c(CC(C)(O)c2ccccc2C)c1Cl. The Bertz CT molecular complexity index is 617. The largest absolute Gasteiger partial charge is 0.385 e. The van der Waals surface area contributed by atoms with Crippen molar-refractivity contribution in [2.75, 3.05) is 0 Å². The number of benzene rings is 1. The van der Waals surface area contributed by atoms with E-state index in [-0.39, 0.29) is 0 Å². The maximum absolute atomic E-state index is 10.9. The van der Waals surface area contributed by atoms with Gasteiger partial charge in [0.2, 0.25) is 0 Å². The number of aryl methyl sites for hydroxylation is 3. The second kappa shape index (κ2) is 5.58. The molecule has 20 heavy (non-hydrogen) atoms. The molecular formula is C16H21ClN2O. The van der Waals surface area contributed by atoms with Gasteiger partial charge in [0.15, 0.2) is 0 Å². The van der Waals surface area contributed by atoms with Crippen LogP contribution in [-0.2, 0) is 25.5 Å². The lowest BCUT2D eigenvalue weighted by Gasteiger charge is -2.26. The van der Waals surface area contributed by atoms with Crippen LogP contribution in [0, 0.1) is 6.92 Å². The van der Waals surface area contributed by atoms with Crippen LogP contribution < -0.4 is 0 Å². The topological polar surface area (TPSA) is 38.0 Å². The molecule has 3 nitrogen and oxygen atoms in total. The van der Waals surface area contributed by atoms with Crippen molar-refractivity contribution in [1.82, 2.24) is 9.78 Å². The van der Waals surface area contributed by atoms with Crippen molar-refractivity contribution in [3.8, 4) is 0 Å². The predicted molar refractivity (Wildman–Crippen MR) is 82.0 cm³/mol. The summed E-state index contributed by atoms with van der Waals surface area (Å²) in [6, 6.07) is 7.88. The molecule has 2 aromatic rings. The fraction of sp³-hybridized carbons (Fsp3) is 0.438. The molecule has 0 aliphatic rings. The molecule has 0 saturated heterocycles. The van der Waals surface area contributed by atoms with Gasteiger partial charge in [0, 0.05) is 13.5 Å². The Morgan fingerprint density at radius 1 is 1.35 bits per heavy atom. The van der Waals surface area contributed by atoms with Gasteiger partial charge in [-0.1, -0.05) is 42.8 Å². The van der Waals surface area contributed by atoms with Crippen LogP contribution in [-0.4, -0.2) is 14.9 Å². The first-order chi connectivity index (χ1) is 9.36. The van der Waals surface area contributed by atoms with Crippen LogP contribution in [0.2, 0.25) is 5.02 Å². The summed E-state index contributed by atoms with van der Waals surface area (Å²) >= 11 is 6.37. The van der Waals surface area contributed by atoms with Crippen molar-refractivity contribution >= 4 is 11.6 Å². The van der Waals surface area contributed by atoms with Gasteiger partial charge in [0.25, 0.3) is 0 Å². The zero-order valence-corrected chi connectivity index (χ0v) is 13.2. The van der Waals surface area contributed by atoms with E-state index in [0.717, 1.165) is 28.9 Å². The highest BCUT2D eigenvalue weighted by Crippen LogP contribution is 2.31. The minimum absolute atomic E-state index is 0.445. The molecule has 1 aromatic heterocycles. The second-order valence-electron chi connectivity index (χ2n) is 5.45. The molecule has 1 N–H and O–H groups in total. The average molecular weight is 293 g/mol. The van der Waals surface area contributed by atoms with Gasteiger partial charge in [0.05, 0.1) is 22.0 Å². The predicted octanol–water partition coefficient (Wildman–Crippen LogP) is 3.39. The molecule has 1 heterocycles. The highest BCUT2D eigenvalue weighted by atomic mass is 35.5. The van der Waals surface area contributed by atoms with Crippen LogP contribution in [0.4, 0.5) is 0 Å². The maximum atomic E-state index is 10.9. The molecule has 0 radical (unpaired) electrons. The molecular weight excluding hydrogens is 272 g/mol. The van der Waals surface area contributed by atoms with Crippen LogP contribution in [0.5, 0.6) is 0 Å². The first kappa shape index (κ1) is 15.1. The Morgan fingerprint density at radius 2 is 2.00 bits per heavy atom. The number of aromatic nitrogens is 2. The molecule has 1 aromatic carbocycles. The first-order valence-electron chi connectivity index (χ1n) is 6.85. The van der Waals surface area contributed by atoms with Crippen LogP contribution >= 0.6 is 11.6 Å². The summed E-state index contributed by atoms with van der Waals surface area (Å²) in [6.07, 6.45) is 1.24. The third-order valence-electron chi connectivity index (χ3n) is 3.74. The fourth-order valence-corrected chi connectivity index (χ4v) is 2.97. The zero-order chi connectivity index (χ0) is 14.9. The number of rotatable bonds is 4. The first-order valence-corrected chi connectivity index (χ1v) is 7.23. The number of aliphatic hydroxyl groups is 1. The Morgan fingerprint density at radius 3 is 2.55 bits per heavy atom. The summed E-state index contributed by atoms with van der Waals surface area (Å²) in [4.78, 5) is 0. The fourth-order valence-electron chi connectivity index (χ4n) is 2.61. The maximum Gasteiger partial charge on any atom is 0.0926 e. The normalized spacial score (nSPS) is 14.3. The van der Waals surface area contributed by atoms with E-state index in [1.165, 1.54) is 0 Å². The van der Waals surface area contributed by atoms with Gasteiger partial charge in [-0.2, -0.15) is 5.10 Å². The van der Waals surface area contributed by atoms with Crippen LogP contribution in [0.25, 0.3) is 0 Å².